The zero-order valence-electron chi connectivity index (χ0n) is 15.8. The van der Waals surface area contributed by atoms with Crippen molar-refractivity contribution in [2.24, 2.45) is 0 Å². The van der Waals surface area contributed by atoms with E-state index in [-0.39, 0.29) is 10.1 Å². The van der Waals surface area contributed by atoms with Gasteiger partial charge in [0.05, 0.1) is 0 Å². The first-order valence-electron chi connectivity index (χ1n) is 7.64. The van der Waals surface area contributed by atoms with Gasteiger partial charge in [-0.05, 0) is 36.3 Å². The highest BCUT2D eigenvalue weighted by molar-refractivity contribution is 6.76. The maximum Gasteiger partial charge on any atom is 0.317 e. The normalized spacial score (nSPS) is 14.1. The summed E-state index contributed by atoms with van der Waals surface area (Å²) < 4.78 is 11.1. The van der Waals surface area contributed by atoms with Crippen molar-refractivity contribution < 1.29 is 18.4 Å². The van der Waals surface area contributed by atoms with Gasteiger partial charge in [0.15, 0.2) is 0 Å². The van der Waals surface area contributed by atoms with Crippen LogP contribution in [0.25, 0.3) is 0 Å². The van der Waals surface area contributed by atoms with Crippen molar-refractivity contribution in [2.75, 3.05) is 0 Å². The molecule has 0 unspecified atom stereocenters. The quantitative estimate of drug-likeness (QED) is 0.551. The van der Waals surface area contributed by atoms with Gasteiger partial charge in [0.1, 0.15) is 0 Å². The maximum atomic E-state index is 11.9. The van der Waals surface area contributed by atoms with E-state index < -0.39 is 28.6 Å². The Morgan fingerprint density at radius 1 is 0.682 bits per heavy atom. The van der Waals surface area contributed by atoms with E-state index in [4.69, 9.17) is 8.85 Å². The summed E-state index contributed by atoms with van der Waals surface area (Å²) in [7, 11) is -4.32. The molecule has 0 radical (unpaired) electrons. The second kappa shape index (κ2) is 6.70. The molecule has 22 heavy (non-hydrogen) atoms. The van der Waals surface area contributed by atoms with E-state index in [1.165, 1.54) is 12.2 Å². The third-order valence-electron chi connectivity index (χ3n) is 4.68. The van der Waals surface area contributed by atoms with Crippen molar-refractivity contribution in [3.8, 4) is 0 Å². The second-order valence-electron chi connectivity index (χ2n) is 8.70. The molecule has 0 aromatic carbocycles. The second-order valence-corrected chi connectivity index (χ2v) is 18.1. The van der Waals surface area contributed by atoms with Gasteiger partial charge in [0.2, 0.25) is 0 Å². The summed E-state index contributed by atoms with van der Waals surface area (Å²) in [4.78, 5) is 23.8. The van der Waals surface area contributed by atoms with Crippen molar-refractivity contribution in [2.45, 2.75) is 77.8 Å². The molecular weight excluding hydrogens is 312 g/mol. The van der Waals surface area contributed by atoms with Gasteiger partial charge in [-0.15, -0.1) is 0 Å². The molecule has 0 rings (SSSR count). The van der Waals surface area contributed by atoms with Gasteiger partial charge in [-0.1, -0.05) is 41.5 Å². The minimum absolute atomic E-state index is 0.0574. The van der Waals surface area contributed by atoms with E-state index in [0.717, 1.165) is 0 Å². The lowest BCUT2D eigenvalue weighted by atomic mass is 10.2. The highest BCUT2D eigenvalue weighted by Crippen LogP contribution is 2.37. The van der Waals surface area contributed by atoms with Gasteiger partial charge in [-0.2, -0.15) is 0 Å². The predicted octanol–water partition coefficient (Wildman–Crippen LogP) is 4.64. The Bertz CT molecular complexity index is 410. The van der Waals surface area contributed by atoms with Crippen LogP contribution < -0.4 is 0 Å². The maximum absolute atomic E-state index is 11.9. The Hall–Kier alpha value is -0.886. The predicted molar refractivity (Wildman–Crippen MR) is 95.7 cm³/mol. The van der Waals surface area contributed by atoms with E-state index in [1.807, 2.05) is 26.2 Å². The molecule has 0 heterocycles. The Balaban J connectivity index is 4.75. The lowest BCUT2D eigenvalue weighted by molar-refractivity contribution is -0.132. The molecule has 0 aliphatic rings. The van der Waals surface area contributed by atoms with E-state index in [1.54, 1.807) is 0 Å². The lowest BCUT2D eigenvalue weighted by Crippen LogP contribution is -2.42. The molecular formula is C16H32O4Si2. The van der Waals surface area contributed by atoms with Crippen LogP contribution in [0.1, 0.15) is 41.5 Å². The third-order valence-corrected chi connectivity index (χ3v) is 13.3. The molecule has 0 saturated carbocycles. The van der Waals surface area contributed by atoms with Gasteiger partial charge >= 0.3 is 11.9 Å². The van der Waals surface area contributed by atoms with Crippen LogP contribution in [0.15, 0.2) is 12.2 Å². The summed E-state index contributed by atoms with van der Waals surface area (Å²) >= 11 is 0. The van der Waals surface area contributed by atoms with Gasteiger partial charge in [-0.3, -0.25) is 0 Å². The standard InChI is InChI=1S/C16H32O4Si2/c1-15(2,3)21(7,8)19-13(17)11-12-14(18)20-22(9,10)16(4,5)6/h11-12H,1-10H3/b12-11+. The van der Waals surface area contributed by atoms with Crippen molar-refractivity contribution >= 4 is 28.6 Å². The fourth-order valence-corrected chi connectivity index (χ4v) is 2.77. The monoisotopic (exact) mass is 344 g/mol. The number of rotatable bonds is 4. The van der Waals surface area contributed by atoms with Crippen molar-refractivity contribution in [1.82, 2.24) is 0 Å². The fourth-order valence-electron chi connectivity index (χ4n) is 1.01. The summed E-state index contributed by atoms with van der Waals surface area (Å²) in [6.45, 7) is 20.3. The van der Waals surface area contributed by atoms with Crippen LogP contribution in [0.4, 0.5) is 0 Å². The molecule has 4 nitrogen and oxygen atoms in total. The Labute approximate surface area is 137 Å². The topological polar surface area (TPSA) is 52.6 Å². The number of hydrogen-bond donors (Lipinski definition) is 0. The Morgan fingerprint density at radius 2 is 0.909 bits per heavy atom. The fraction of sp³-hybridized carbons (Fsp3) is 0.750. The van der Waals surface area contributed by atoms with Crippen LogP contribution in [0.3, 0.4) is 0 Å². The summed E-state index contributed by atoms with van der Waals surface area (Å²) in [5, 5.41) is -0.115. The van der Waals surface area contributed by atoms with Crippen LogP contribution in [0, 0.1) is 0 Å². The molecule has 0 aliphatic carbocycles. The Morgan fingerprint density at radius 3 is 1.09 bits per heavy atom. The average molecular weight is 345 g/mol. The van der Waals surface area contributed by atoms with Crippen LogP contribution >= 0.6 is 0 Å². The molecule has 0 aliphatic heterocycles. The van der Waals surface area contributed by atoms with E-state index in [9.17, 15) is 9.59 Å². The minimum atomic E-state index is -2.16. The number of carbonyl (C=O) groups is 2. The summed E-state index contributed by atoms with van der Waals surface area (Å²) in [6.07, 6.45) is 2.35. The van der Waals surface area contributed by atoms with Gasteiger partial charge < -0.3 is 8.85 Å². The lowest BCUT2D eigenvalue weighted by Gasteiger charge is -2.35. The van der Waals surface area contributed by atoms with Gasteiger partial charge in [0.25, 0.3) is 16.6 Å². The molecule has 0 bridgehead atoms. The SMILES string of the molecule is CC(C)(C)[Si](C)(C)OC(=O)/C=C/C(=O)O[Si](C)(C)C(C)(C)C. The molecule has 0 spiro atoms. The first kappa shape index (κ1) is 21.1. The molecule has 0 N–H and O–H groups in total. The van der Waals surface area contributed by atoms with E-state index in [0.29, 0.717) is 0 Å². The van der Waals surface area contributed by atoms with Crippen LogP contribution in [-0.4, -0.2) is 28.6 Å². The average Bonchev–Trinajstić information content (AvgIpc) is 2.21. The molecule has 0 aromatic rings. The summed E-state index contributed by atoms with van der Waals surface area (Å²) in [5.41, 5.74) is 0. The molecule has 0 fully saturated rings. The van der Waals surface area contributed by atoms with Gasteiger partial charge in [-0.25, -0.2) is 9.59 Å². The zero-order chi connectivity index (χ0) is 18.0. The zero-order valence-corrected chi connectivity index (χ0v) is 17.8. The summed E-state index contributed by atoms with van der Waals surface area (Å²) in [6, 6.07) is 0. The van der Waals surface area contributed by atoms with Crippen LogP contribution in [0.5, 0.6) is 0 Å². The molecule has 0 amide bonds. The first-order chi connectivity index (χ1) is 9.49. The molecule has 128 valence electrons. The molecule has 0 aromatic heterocycles. The molecule has 0 saturated heterocycles. The minimum Gasteiger partial charge on any atom is -0.516 e. The van der Waals surface area contributed by atoms with Crippen molar-refractivity contribution in [3.05, 3.63) is 12.2 Å². The third kappa shape index (κ3) is 6.08. The van der Waals surface area contributed by atoms with Crippen molar-refractivity contribution in [1.29, 1.82) is 0 Å². The highest BCUT2D eigenvalue weighted by Gasteiger charge is 2.41. The Kier molecular flexibility index (Phi) is 6.43. The summed E-state index contributed by atoms with van der Waals surface area (Å²) in [5.74, 6) is -0.947. The molecule has 6 heteroatoms. The molecule has 0 atom stereocenters. The van der Waals surface area contributed by atoms with Crippen molar-refractivity contribution in [3.63, 3.8) is 0 Å². The number of carbonyl (C=O) groups excluding carboxylic acids is 2. The smallest absolute Gasteiger partial charge is 0.317 e. The van der Waals surface area contributed by atoms with E-state index >= 15 is 0 Å². The van der Waals surface area contributed by atoms with Gasteiger partial charge in [0, 0.05) is 12.2 Å². The highest BCUT2D eigenvalue weighted by atomic mass is 28.4. The first-order valence-corrected chi connectivity index (χ1v) is 13.5. The van der Waals surface area contributed by atoms with Crippen LogP contribution in [0.2, 0.25) is 36.3 Å². The number of hydrogen-bond acceptors (Lipinski definition) is 4. The van der Waals surface area contributed by atoms with E-state index in [2.05, 4.69) is 41.5 Å². The van der Waals surface area contributed by atoms with Crippen LogP contribution in [-0.2, 0) is 18.4 Å². The largest absolute Gasteiger partial charge is 0.516 e.